The zero-order valence-electron chi connectivity index (χ0n) is 7.99. The summed E-state index contributed by atoms with van der Waals surface area (Å²) in [7, 11) is 0. The van der Waals surface area contributed by atoms with Gasteiger partial charge in [-0.1, -0.05) is 18.2 Å². The molecule has 0 bridgehead atoms. The quantitative estimate of drug-likeness (QED) is 0.414. The van der Waals surface area contributed by atoms with Gasteiger partial charge in [0.15, 0.2) is 6.61 Å². The standard InChI is InChI=1S/C11H11NO2/c1-9-5-3-4-6-10(9)11(13)14-8-7-12-2/h3-6H,7-8H2,1H3. The van der Waals surface area contributed by atoms with Gasteiger partial charge in [-0.25, -0.2) is 11.4 Å². The Hall–Kier alpha value is -1.82. The van der Waals surface area contributed by atoms with Gasteiger partial charge in [0, 0.05) is 0 Å². The summed E-state index contributed by atoms with van der Waals surface area (Å²) in [5, 5.41) is 0. The van der Waals surface area contributed by atoms with Crippen molar-refractivity contribution in [3.63, 3.8) is 0 Å². The van der Waals surface area contributed by atoms with Gasteiger partial charge >= 0.3 is 5.97 Å². The fraction of sp³-hybridized carbons (Fsp3) is 0.273. The van der Waals surface area contributed by atoms with Crippen molar-refractivity contribution in [1.29, 1.82) is 0 Å². The molecule has 0 aliphatic rings. The molecule has 1 aromatic rings. The summed E-state index contributed by atoms with van der Waals surface area (Å²) in [4.78, 5) is 14.5. The number of ether oxygens (including phenoxy) is 1. The van der Waals surface area contributed by atoms with Crippen LogP contribution in [0.3, 0.4) is 0 Å². The second kappa shape index (κ2) is 5.03. The van der Waals surface area contributed by atoms with Crippen LogP contribution in [0.2, 0.25) is 0 Å². The predicted octanol–water partition coefficient (Wildman–Crippen LogP) is 2.07. The Morgan fingerprint density at radius 3 is 2.86 bits per heavy atom. The van der Waals surface area contributed by atoms with Gasteiger partial charge in [0.1, 0.15) is 0 Å². The van der Waals surface area contributed by atoms with Gasteiger partial charge in [0.05, 0.1) is 5.56 Å². The third-order valence-electron chi connectivity index (χ3n) is 1.80. The molecule has 0 radical (unpaired) electrons. The van der Waals surface area contributed by atoms with Crippen molar-refractivity contribution >= 4 is 5.97 Å². The highest BCUT2D eigenvalue weighted by Gasteiger charge is 2.09. The molecule has 3 heteroatoms. The van der Waals surface area contributed by atoms with Gasteiger partial charge in [0.25, 0.3) is 0 Å². The second-order valence-corrected chi connectivity index (χ2v) is 2.83. The van der Waals surface area contributed by atoms with Crippen LogP contribution in [0.25, 0.3) is 4.85 Å². The summed E-state index contributed by atoms with van der Waals surface area (Å²) < 4.78 is 4.90. The first kappa shape index (κ1) is 10.3. The Balaban J connectivity index is 2.62. The van der Waals surface area contributed by atoms with Gasteiger partial charge in [-0.3, -0.25) is 0 Å². The zero-order valence-corrected chi connectivity index (χ0v) is 7.99. The molecule has 0 heterocycles. The summed E-state index contributed by atoms with van der Waals surface area (Å²) in [6, 6.07) is 7.23. The summed E-state index contributed by atoms with van der Waals surface area (Å²) in [6.45, 7) is 8.76. The molecule has 0 aliphatic carbocycles. The number of benzene rings is 1. The van der Waals surface area contributed by atoms with E-state index in [1.54, 1.807) is 12.1 Å². The molecular formula is C11H11NO2. The average molecular weight is 189 g/mol. The lowest BCUT2D eigenvalue weighted by molar-refractivity contribution is 0.0522. The van der Waals surface area contributed by atoms with E-state index in [0.29, 0.717) is 5.56 Å². The Kier molecular flexibility index (Phi) is 3.69. The summed E-state index contributed by atoms with van der Waals surface area (Å²) in [5.74, 6) is -0.355. The minimum absolute atomic E-state index is 0.163. The molecule has 0 saturated heterocycles. The average Bonchev–Trinajstić information content (AvgIpc) is 2.18. The first-order valence-corrected chi connectivity index (χ1v) is 4.31. The number of hydrogen-bond donors (Lipinski definition) is 0. The lowest BCUT2D eigenvalue weighted by Crippen LogP contribution is -2.09. The molecule has 0 fully saturated rings. The Morgan fingerprint density at radius 1 is 1.50 bits per heavy atom. The maximum Gasteiger partial charge on any atom is 0.338 e. The molecule has 14 heavy (non-hydrogen) atoms. The van der Waals surface area contributed by atoms with Crippen molar-refractivity contribution in [1.82, 2.24) is 0 Å². The van der Waals surface area contributed by atoms with E-state index in [2.05, 4.69) is 4.85 Å². The molecule has 0 atom stereocenters. The SMILES string of the molecule is [C-]#[N+]CCOC(=O)c1ccccc1C. The number of esters is 1. The zero-order chi connectivity index (χ0) is 10.4. The minimum Gasteiger partial charge on any atom is -0.454 e. The van der Waals surface area contributed by atoms with Gasteiger partial charge < -0.3 is 9.58 Å². The molecule has 0 N–H and O–H groups in total. The lowest BCUT2D eigenvalue weighted by Gasteiger charge is -2.03. The summed E-state index contributed by atoms with van der Waals surface area (Å²) in [5.41, 5.74) is 1.46. The van der Waals surface area contributed by atoms with Crippen LogP contribution in [-0.2, 0) is 4.74 Å². The Labute approximate surface area is 83.1 Å². The second-order valence-electron chi connectivity index (χ2n) is 2.83. The van der Waals surface area contributed by atoms with Gasteiger partial charge in [0.2, 0.25) is 6.54 Å². The number of nitrogens with zero attached hydrogens (tertiary/aromatic N) is 1. The van der Waals surface area contributed by atoms with E-state index in [1.807, 2.05) is 19.1 Å². The highest BCUT2D eigenvalue weighted by atomic mass is 16.5. The third kappa shape index (κ3) is 2.60. The number of rotatable bonds is 3. The monoisotopic (exact) mass is 189 g/mol. The predicted molar refractivity (Wildman–Crippen MR) is 52.9 cm³/mol. The van der Waals surface area contributed by atoms with Crippen LogP contribution in [0.5, 0.6) is 0 Å². The van der Waals surface area contributed by atoms with Crippen LogP contribution < -0.4 is 0 Å². The summed E-state index contributed by atoms with van der Waals surface area (Å²) >= 11 is 0. The van der Waals surface area contributed by atoms with Crippen LogP contribution in [0.15, 0.2) is 24.3 Å². The smallest absolute Gasteiger partial charge is 0.338 e. The van der Waals surface area contributed by atoms with E-state index >= 15 is 0 Å². The van der Waals surface area contributed by atoms with Gasteiger partial charge in [-0.05, 0) is 18.6 Å². The molecule has 3 nitrogen and oxygen atoms in total. The minimum atomic E-state index is -0.355. The van der Waals surface area contributed by atoms with E-state index in [0.717, 1.165) is 5.56 Å². The van der Waals surface area contributed by atoms with Gasteiger partial charge in [-0.2, -0.15) is 0 Å². The molecule has 1 aromatic carbocycles. The number of hydrogen-bond acceptors (Lipinski definition) is 2. The third-order valence-corrected chi connectivity index (χ3v) is 1.80. The molecule has 0 aliphatic heterocycles. The van der Waals surface area contributed by atoms with Crippen molar-refractivity contribution in [2.45, 2.75) is 6.92 Å². The highest BCUT2D eigenvalue weighted by molar-refractivity contribution is 5.90. The topological polar surface area (TPSA) is 30.7 Å². The van der Waals surface area contributed by atoms with Crippen LogP contribution in [0.4, 0.5) is 0 Å². The molecule has 0 aromatic heterocycles. The van der Waals surface area contributed by atoms with Crippen LogP contribution in [0.1, 0.15) is 15.9 Å². The Morgan fingerprint density at radius 2 is 2.21 bits per heavy atom. The molecule has 0 saturated carbocycles. The fourth-order valence-electron chi connectivity index (χ4n) is 1.06. The molecular weight excluding hydrogens is 178 g/mol. The van der Waals surface area contributed by atoms with E-state index in [4.69, 9.17) is 11.3 Å². The van der Waals surface area contributed by atoms with Crippen LogP contribution in [-0.4, -0.2) is 19.1 Å². The first-order valence-electron chi connectivity index (χ1n) is 4.31. The maximum absolute atomic E-state index is 11.4. The normalized spacial score (nSPS) is 9.14. The van der Waals surface area contributed by atoms with Gasteiger partial charge in [-0.15, -0.1) is 0 Å². The number of carbonyl (C=O) groups is 1. The van der Waals surface area contributed by atoms with E-state index in [1.165, 1.54) is 0 Å². The Bertz CT molecular complexity index is 366. The van der Waals surface area contributed by atoms with Crippen molar-refractivity contribution in [2.75, 3.05) is 13.2 Å². The van der Waals surface area contributed by atoms with Crippen molar-refractivity contribution < 1.29 is 9.53 Å². The largest absolute Gasteiger partial charge is 0.454 e. The van der Waals surface area contributed by atoms with Crippen LogP contribution in [0, 0.1) is 13.5 Å². The van der Waals surface area contributed by atoms with Crippen molar-refractivity contribution in [3.8, 4) is 0 Å². The maximum atomic E-state index is 11.4. The number of carbonyl (C=O) groups excluding carboxylic acids is 1. The molecule has 1 rings (SSSR count). The lowest BCUT2D eigenvalue weighted by atomic mass is 10.1. The molecule has 72 valence electrons. The fourth-order valence-corrected chi connectivity index (χ4v) is 1.06. The number of aryl methyl sites for hydroxylation is 1. The molecule has 0 amide bonds. The highest BCUT2D eigenvalue weighted by Crippen LogP contribution is 2.08. The molecule has 0 spiro atoms. The van der Waals surface area contributed by atoms with Crippen molar-refractivity contribution in [2.24, 2.45) is 0 Å². The van der Waals surface area contributed by atoms with Crippen LogP contribution >= 0.6 is 0 Å². The van der Waals surface area contributed by atoms with E-state index in [-0.39, 0.29) is 19.1 Å². The van der Waals surface area contributed by atoms with Crippen molar-refractivity contribution in [3.05, 3.63) is 46.8 Å². The van der Waals surface area contributed by atoms with E-state index < -0.39 is 0 Å². The van der Waals surface area contributed by atoms with E-state index in [9.17, 15) is 4.79 Å². The summed E-state index contributed by atoms with van der Waals surface area (Å²) in [6.07, 6.45) is 0. The first-order chi connectivity index (χ1) is 6.75. The molecule has 0 unspecified atom stereocenters.